The van der Waals surface area contributed by atoms with Crippen LogP contribution in [0.2, 0.25) is 0 Å². The van der Waals surface area contributed by atoms with Gasteiger partial charge in [-0.2, -0.15) is 5.10 Å². The number of nitrogens with one attached hydrogen (secondary N) is 2. The van der Waals surface area contributed by atoms with Gasteiger partial charge in [0.25, 0.3) is 0 Å². The second kappa shape index (κ2) is 9.38. The zero-order chi connectivity index (χ0) is 19.1. The molecule has 0 radical (unpaired) electrons. The summed E-state index contributed by atoms with van der Waals surface area (Å²) in [7, 11) is 1.58. The normalized spacial score (nSPS) is 19.0. The van der Waals surface area contributed by atoms with Crippen molar-refractivity contribution >= 4 is 40.1 Å². The first-order chi connectivity index (χ1) is 12.4. The topological polar surface area (TPSA) is 92.2 Å². The Labute approximate surface area is 157 Å². The van der Waals surface area contributed by atoms with Crippen molar-refractivity contribution in [1.29, 1.82) is 0 Å². The zero-order valence-corrected chi connectivity index (χ0v) is 16.2. The number of nitrogens with zero attached hydrogens (tertiary/aromatic N) is 2. The summed E-state index contributed by atoms with van der Waals surface area (Å²) < 4.78 is 5.08. The lowest BCUT2D eigenvalue weighted by atomic mass is 10.1. The summed E-state index contributed by atoms with van der Waals surface area (Å²) in [4.78, 5) is 24.2. The molecule has 0 saturated carbocycles. The van der Waals surface area contributed by atoms with E-state index in [1.165, 1.54) is 11.8 Å². The molecule has 26 heavy (non-hydrogen) atoms. The quantitative estimate of drug-likeness (QED) is 0.565. The lowest BCUT2D eigenvalue weighted by Gasteiger charge is -2.08. The number of methoxy groups -OCH3 is 1. The fraction of sp³-hybridized carbons (Fsp3) is 0.444. The number of hydrogen-bond acceptors (Lipinski definition) is 6. The number of rotatable bonds is 7. The predicted molar refractivity (Wildman–Crippen MR) is 106 cm³/mol. The first-order valence-corrected chi connectivity index (χ1v) is 9.28. The average molecular weight is 376 g/mol. The number of thioether (sulfide) groups is 1. The van der Waals surface area contributed by atoms with Crippen LogP contribution in [0.1, 0.15) is 33.6 Å². The molecule has 0 aliphatic carbocycles. The van der Waals surface area contributed by atoms with Gasteiger partial charge in [0.1, 0.15) is 11.0 Å². The lowest BCUT2D eigenvalue weighted by Crippen LogP contribution is -2.28. The molecule has 1 aliphatic heterocycles. The van der Waals surface area contributed by atoms with Gasteiger partial charge in [-0.15, -0.1) is 5.10 Å². The number of carbonyl (C=O) groups is 2. The van der Waals surface area contributed by atoms with Crippen LogP contribution in [0.5, 0.6) is 5.75 Å². The van der Waals surface area contributed by atoms with Crippen LogP contribution in [0.15, 0.2) is 34.5 Å². The number of amides is 2. The molecule has 140 valence electrons. The Balaban J connectivity index is 1.89. The molecule has 1 aromatic carbocycles. The van der Waals surface area contributed by atoms with Crippen LogP contribution >= 0.6 is 11.8 Å². The summed E-state index contributed by atoms with van der Waals surface area (Å²) in [5.74, 6) is 0.751. The number of carbonyl (C=O) groups excluding carboxylic acids is 2. The van der Waals surface area contributed by atoms with Gasteiger partial charge in [-0.25, -0.2) is 0 Å². The van der Waals surface area contributed by atoms with Gasteiger partial charge in [0.2, 0.25) is 11.8 Å². The Kier molecular flexibility index (Phi) is 7.20. The maximum absolute atomic E-state index is 12.2. The Morgan fingerprint density at radius 1 is 1.35 bits per heavy atom. The molecule has 1 fully saturated rings. The highest BCUT2D eigenvalue weighted by Crippen LogP contribution is 2.23. The Hall–Kier alpha value is -2.35. The van der Waals surface area contributed by atoms with E-state index < -0.39 is 5.25 Å². The summed E-state index contributed by atoms with van der Waals surface area (Å²) in [6, 6.07) is 7.01. The minimum Gasteiger partial charge on any atom is -0.497 e. The molecular formula is C18H24N4O3S. The number of hydrogen-bond donors (Lipinski definition) is 2. The number of anilines is 1. The summed E-state index contributed by atoms with van der Waals surface area (Å²) in [6.45, 7) is 6.12. The molecule has 1 saturated heterocycles. The van der Waals surface area contributed by atoms with Crippen molar-refractivity contribution in [3.8, 4) is 5.75 Å². The van der Waals surface area contributed by atoms with Gasteiger partial charge in [-0.1, -0.05) is 25.6 Å². The Bertz CT molecular complexity index is 714. The highest BCUT2D eigenvalue weighted by atomic mass is 32.2. The van der Waals surface area contributed by atoms with Crippen LogP contribution in [0.4, 0.5) is 5.69 Å². The van der Waals surface area contributed by atoms with Gasteiger partial charge in [-0.05, 0) is 43.5 Å². The Morgan fingerprint density at radius 3 is 2.65 bits per heavy atom. The van der Waals surface area contributed by atoms with E-state index in [2.05, 4.69) is 34.7 Å². The number of amidine groups is 1. The van der Waals surface area contributed by atoms with Crippen LogP contribution in [-0.4, -0.2) is 35.1 Å². The molecule has 0 spiro atoms. The summed E-state index contributed by atoms with van der Waals surface area (Å²) in [6.07, 6.45) is 0.916. The fourth-order valence-electron chi connectivity index (χ4n) is 2.40. The van der Waals surface area contributed by atoms with Gasteiger partial charge >= 0.3 is 0 Å². The van der Waals surface area contributed by atoms with E-state index in [-0.39, 0.29) is 18.2 Å². The van der Waals surface area contributed by atoms with E-state index in [9.17, 15) is 9.59 Å². The second-order valence-electron chi connectivity index (χ2n) is 6.41. The smallest absolute Gasteiger partial charge is 0.240 e. The highest BCUT2D eigenvalue weighted by Gasteiger charge is 2.32. The highest BCUT2D eigenvalue weighted by molar-refractivity contribution is 8.15. The summed E-state index contributed by atoms with van der Waals surface area (Å²) in [5.41, 5.74) is 1.56. The third-order valence-electron chi connectivity index (χ3n) is 3.54. The fourth-order valence-corrected chi connectivity index (χ4v) is 3.32. The SMILES string of the molecule is COc1ccc(NC(=O)CC2S/C(=N\N=C(/C)CC(C)C)NC2=O)cc1. The number of ether oxygens (including phenoxy) is 1. The van der Waals surface area contributed by atoms with Gasteiger partial charge in [0.05, 0.1) is 7.11 Å². The molecule has 8 heteroatoms. The van der Waals surface area contributed by atoms with E-state index in [0.29, 0.717) is 22.5 Å². The largest absolute Gasteiger partial charge is 0.497 e. The standard InChI is InChI=1S/C18H24N4O3S/c1-11(2)9-12(3)21-22-18-20-17(24)15(26-18)10-16(23)19-13-5-7-14(25-4)8-6-13/h5-8,11,15H,9-10H2,1-4H3,(H,19,23)(H,20,22,24)/b21-12+. The molecule has 0 aromatic heterocycles. The molecule has 2 N–H and O–H groups in total. The minimum atomic E-state index is -0.507. The first-order valence-electron chi connectivity index (χ1n) is 8.40. The van der Waals surface area contributed by atoms with E-state index >= 15 is 0 Å². The summed E-state index contributed by atoms with van der Waals surface area (Å²) in [5, 5.41) is 13.6. The summed E-state index contributed by atoms with van der Waals surface area (Å²) >= 11 is 1.23. The van der Waals surface area contributed by atoms with Crippen molar-refractivity contribution in [2.75, 3.05) is 12.4 Å². The minimum absolute atomic E-state index is 0.0657. The van der Waals surface area contributed by atoms with Gasteiger partial charge in [0, 0.05) is 17.8 Å². The van der Waals surface area contributed by atoms with Crippen LogP contribution in [-0.2, 0) is 9.59 Å². The van der Waals surface area contributed by atoms with E-state index in [0.717, 1.165) is 12.1 Å². The monoisotopic (exact) mass is 376 g/mol. The maximum atomic E-state index is 12.2. The maximum Gasteiger partial charge on any atom is 0.240 e. The second-order valence-corrected chi connectivity index (χ2v) is 7.61. The number of benzene rings is 1. The van der Waals surface area contributed by atoms with E-state index in [1.807, 2.05) is 6.92 Å². The molecular weight excluding hydrogens is 352 g/mol. The average Bonchev–Trinajstić information content (AvgIpc) is 2.93. The molecule has 1 aliphatic rings. The van der Waals surface area contributed by atoms with E-state index in [4.69, 9.17) is 4.74 Å². The van der Waals surface area contributed by atoms with Gasteiger partial charge in [-0.3, -0.25) is 9.59 Å². The van der Waals surface area contributed by atoms with Crippen LogP contribution < -0.4 is 15.4 Å². The molecule has 2 rings (SSSR count). The molecule has 7 nitrogen and oxygen atoms in total. The van der Waals surface area contributed by atoms with Crippen LogP contribution in [0.3, 0.4) is 0 Å². The van der Waals surface area contributed by atoms with Crippen molar-refractivity contribution in [3.05, 3.63) is 24.3 Å². The van der Waals surface area contributed by atoms with Gasteiger partial charge in [0.15, 0.2) is 5.17 Å². The van der Waals surface area contributed by atoms with Gasteiger partial charge < -0.3 is 15.4 Å². The third-order valence-corrected chi connectivity index (χ3v) is 4.61. The van der Waals surface area contributed by atoms with Crippen LogP contribution in [0, 0.1) is 5.92 Å². The van der Waals surface area contributed by atoms with Crippen molar-refractivity contribution in [2.24, 2.45) is 16.1 Å². The van der Waals surface area contributed by atoms with Crippen molar-refractivity contribution in [1.82, 2.24) is 5.32 Å². The van der Waals surface area contributed by atoms with Crippen molar-refractivity contribution < 1.29 is 14.3 Å². The van der Waals surface area contributed by atoms with Crippen molar-refractivity contribution in [3.63, 3.8) is 0 Å². The first kappa shape index (κ1) is 20.0. The molecule has 0 bridgehead atoms. The van der Waals surface area contributed by atoms with Crippen molar-refractivity contribution in [2.45, 2.75) is 38.9 Å². The molecule has 1 aromatic rings. The Morgan fingerprint density at radius 2 is 2.04 bits per heavy atom. The van der Waals surface area contributed by atoms with Crippen LogP contribution in [0.25, 0.3) is 0 Å². The molecule has 1 unspecified atom stereocenters. The lowest BCUT2D eigenvalue weighted by molar-refractivity contribution is -0.122. The zero-order valence-electron chi connectivity index (χ0n) is 15.4. The predicted octanol–water partition coefficient (Wildman–Crippen LogP) is 3.03. The van der Waals surface area contributed by atoms with E-state index in [1.54, 1.807) is 31.4 Å². The third kappa shape index (κ3) is 6.18. The molecule has 1 atom stereocenters. The molecule has 2 amide bonds. The molecule has 1 heterocycles.